The molecule has 0 fully saturated rings. The van der Waals surface area contributed by atoms with Gasteiger partial charge in [0.05, 0.1) is 36.4 Å². The summed E-state index contributed by atoms with van der Waals surface area (Å²) in [5.41, 5.74) is 1.67. The van der Waals surface area contributed by atoms with Crippen LogP contribution in [0.5, 0.6) is 0 Å². The number of fused-ring (bicyclic) bond motifs is 1. The number of hydrogen-bond acceptors (Lipinski definition) is 6. The number of alkyl halides is 3. The second kappa shape index (κ2) is 10.4. The van der Waals surface area contributed by atoms with Gasteiger partial charge >= 0.3 is 12.1 Å². The van der Waals surface area contributed by atoms with Crippen LogP contribution in [0.4, 0.5) is 13.2 Å². The van der Waals surface area contributed by atoms with Gasteiger partial charge in [0.1, 0.15) is 0 Å². The molecule has 2 aromatic rings. The monoisotopic (exact) mass is 535 g/mol. The van der Waals surface area contributed by atoms with Crippen molar-refractivity contribution in [1.82, 2.24) is 10.2 Å². The number of aliphatic imine (C=N–C) groups is 1. The third-order valence-electron chi connectivity index (χ3n) is 5.66. The molecule has 0 saturated carbocycles. The first kappa shape index (κ1) is 25.8. The quantitative estimate of drug-likeness (QED) is 0.472. The van der Waals surface area contributed by atoms with Crippen LogP contribution in [-0.2, 0) is 27.0 Å². The fraction of sp³-hybridized carbons (Fsp3) is 0.240. The van der Waals surface area contributed by atoms with E-state index in [4.69, 9.17) is 16.3 Å². The molecular weight excluding hydrogens is 515 g/mol. The van der Waals surface area contributed by atoms with E-state index in [-0.39, 0.29) is 13.0 Å². The average Bonchev–Trinajstić information content (AvgIpc) is 3.22. The summed E-state index contributed by atoms with van der Waals surface area (Å²) < 4.78 is 44.0. The van der Waals surface area contributed by atoms with E-state index in [9.17, 15) is 22.8 Å². The van der Waals surface area contributed by atoms with Gasteiger partial charge in [-0.05, 0) is 47.7 Å². The Kier molecular flexibility index (Phi) is 7.46. The fourth-order valence-electron chi connectivity index (χ4n) is 4.02. The van der Waals surface area contributed by atoms with E-state index >= 15 is 0 Å². The van der Waals surface area contributed by atoms with Crippen molar-refractivity contribution in [2.75, 3.05) is 7.11 Å². The first-order valence-electron chi connectivity index (χ1n) is 10.8. The van der Waals surface area contributed by atoms with Gasteiger partial charge in [-0.3, -0.25) is 4.79 Å². The molecule has 6 nitrogen and oxygen atoms in total. The second-order valence-electron chi connectivity index (χ2n) is 8.09. The lowest BCUT2D eigenvalue weighted by molar-refractivity contribution is -0.138. The maximum atomic E-state index is 13.0. The number of carbonyl (C=O) groups excluding carboxylic acids is 2. The van der Waals surface area contributed by atoms with Crippen molar-refractivity contribution in [3.63, 3.8) is 0 Å². The average molecular weight is 536 g/mol. The molecule has 0 spiro atoms. The van der Waals surface area contributed by atoms with Crippen LogP contribution in [0.1, 0.15) is 36.1 Å². The van der Waals surface area contributed by atoms with Crippen molar-refractivity contribution in [3.05, 3.63) is 92.6 Å². The highest BCUT2D eigenvalue weighted by Gasteiger charge is 2.41. The summed E-state index contributed by atoms with van der Waals surface area (Å²) in [5, 5.41) is 5.51. The maximum absolute atomic E-state index is 13.0. The number of hydrogen-bond donors (Lipinski definition) is 1. The first-order valence-corrected chi connectivity index (χ1v) is 12.0. The summed E-state index contributed by atoms with van der Waals surface area (Å²) in [7, 11) is 1.29. The molecule has 0 bridgehead atoms. The van der Waals surface area contributed by atoms with Gasteiger partial charge in [-0.2, -0.15) is 13.2 Å². The lowest BCUT2D eigenvalue weighted by atomic mass is 9.94. The largest absolute Gasteiger partial charge is 0.466 e. The Bertz CT molecular complexity index is 1310. The number of halogens is 4. The van der Waals surface area contributed by atoms with E-state index < -0.39 is 29.7 Å². The lowest BCUT2D eigenvalue weighted by Crippen LogP contribution is -2.37. The molecule has 188 valence electrons. The van der Waals surface area contributed by atoms with Crippen molar-refractivity contribution < 1.29 is 27.5 Å². The minimum absolute atomic E-state index is 0.0612. The van der Waals surface area contributed by atoms with Crippen molar-refractivity contribution in [1.29, 1.82) is 0 Å². The number of carbonyl (C=O) groups is 2. The standard InChI is InChI=1S/C25H21ClF3N3O3S/c1-14-21(23(34)35-2)22(16-6-4-8-18(26)10-16)32-19(13-36-24(32)31-14)11-20(33)30-12-15-5-3-7-17(9-15)25(27,28)29/h3-10,13,22H,11-12H2,1-2H3,(H,30,33)/t22-/m1/s1. The highest BCUT2D eigenvalue weighted by atomic mass is 35.5. The van der Waals surface area contributed by atoms with Gasteiger partial charge < -0.3 is 15.0 Å². The van der Waals surface area contributed by atoms with Crippen LogP contribution < -0.4 is 5.32 Å². The number of benzene rings is 2. The van der Waals surface area contributed by atoms with Crippen LogP contribution in [0.3, 0.4) is 0 Å². The van der Waals surface area contributed by atoms with Crippen LogP contribution >= 0.6 is 23.4 Å². The van der Waals surface area contributed by atoms with Crippen molar-refractivity contribution in [2.24, 2.45) is 4.99 Å². The van der Waals surface area contributed by atoms with Crippen LogP contribution in [0.2, 0.25) is 5.02 Å². The van der Waals surface area contributed by atoms with Gasteiger partial charge in [-0.15, -0.1) is 0 Å². The van der Waals surface area contributed by atoms with Gasteiger partial charge in [-0.25, -0.2) is 9.79 Å². The molecule has 4 rings (SSSR count). The van der Waals surface area contributed by atoms with E-state index in [0.717, 1.165) is 12.1 Å². The molecule has 0 unspecified atom stereocenters. The smallest absolute Gasteiger partial charge is 0.416 e. The fourth-order valence-corrected chi connectivity index (χ4v) is 5.18. The molecule has 1 atom stereocenters. The molecule has 36 heavy (non-hydrogen) atoms. The summed E-state index contributed by atoms with van der Waals surface area (Å²) in [5.74, 6) is -0.943. The zero-order valence-corrected chi connectivity index (χ0v) is 20.8. The van der Waals surface area contributed by atoms with Crippen LogP contribution in [-0.4, -0.2) is 29.1 Å². The zero-order chi connectivity index (χ0) is 26.0. The van der Waals surface area contributed by atoms with Gasteiger partial charge in [0, 0.05) is 17.3 Å². The van der Waals surface area contributed by atoms with Gasteiger partial charge in [0.25, 0.3) is 0 Å². The summed E-state index contributed by atoms with van der Waals surface area (Å²) in [6.45, 7) is 1.66. The number of methoxy groups -OCH3 is 1. The number of nitrogens with one attached hydrogen (secondary N) is 1. The molecule has 0 aliphatic carbocycles. The number of amidine groups is 1. The number of thioether (sulfide) groups is 1. The summed E-state index contributed by atoms with van der Waals surface area (Å²) >= 11 is 7.54. The maximum Gasteiger partial charge on any atom is 0.416 e. The topological polar surface area (TPSA) is 71.0 Å². The minimum Gasteiger partial charge on any atom is -0.466 e. The molecule has 2 heterocycles. The molecule has 0 radical (unpaired) electrons. The van der Waals surface area contributed by atoms with E-state index in [1.807, 2.05) is 6.07 Å². The van der Waals surface area contributed by atoms with Crippen molar-refractivity contribution in [2.45, 2.75) is 32.1 Å². The highest BCUT2D eigenvalue weighted by Crippen LogP contribution is 2.45. The number of allylic oxidation sites excluding steroid dienone is 1. The number of rotatable bonds is 6. The Morgan fingerprint density at radius 2 is 1.94 bits per heavy atom. The SMILES string of the molecule is COC(=O)C1=C(C)N=C2SC=C(CC(=O)NCc3cccc(C(F)(F)F)c3)N2[C@@H]1c1cccc(Cl)c1. The summed E-state index contributed by atoms with van der Waals surface area (Å²) in [6, 6.07) is 11.2. The number of nitrogens with zero attached hydrogens (tertiary/aromatic N) is 2. The normalized spacial score (nSPS) is 17.4. The third kappa shape index (κ3) is 5.44. The molecule has 0 saturated heterocycles. The Hall–Kier alpha value is -3.24. The second-order valence-corrected chi connectivity index (χ2v) is 9.36. The first-order chi connectivity index (χ1) is 17.1. The summed E-state index contributed by atoms with van der Waals surface area (Å²) in [4.78, 5) is 31.8. The zero-order valence-electron chi connectivity index (χ0n) is 19.2. The van der Waals surface area contributed by atoms with Gasteiger partial charge in [-0.1, -0.05) is 47.6 Å². The molecule has 2 aromatic carbocycles. The van der Waals surface area contributed by atoms with Crippen molar-refractivity contribution >= 4 is 40.4 Å². The molecule has 1 amide bonds. The van der Waals surface area contributed by atoms with Gasteiger partial charge in [0.15, 0.2) is 5.17 Å². The van der Waals surface area contributed by atoms with E-state index in [1.165, 1.54) is 31.0 Å². The molecule has 2 aliphatic heterocycles. The highest BCUT2D eigenvalue weighted by molar-refractivity contribution is 8.16. The molecule has 1 N–H and O–H groups in total. The van der Waals surface area contributed by atoms with Gasteiger partial charge in [0.2, 0.25) is 5.91 Å². The van der Waals surface area contributed by atoms with Crippen LogP contribution in [0, 0.1) is 0 Å². The molecule has 2 aliphatic rings. The molecular formula is C25H21ClF3N3O3S. The predicted octanol–water partition coefficient (Wildman–Crippen LogP) is 5.81. The Balaban J connectivity index is 1.55. The predicted molar refractivity (Wildman–Crippen MR) is 132 cm³/mol. The van der Waals surface area contributed by atoms with E-state index in [1.54, 1.807) is 35.4 Å². The number of esters is 1. The van der Waals surface area contributed by atoms with Crippen molar-refractivity contribution in [3.8, 4) is 0 Å². The number of amides is 1. The molecule has 0 aromatic heterocycles. The Morgan fingerprint density at radius 1 is 1.19 bits per heavy atom. The minimum atomic E-state index is -4.46. The third-order valence-corrected chi connectivity index (χ3v) is 6.78. The lowest BCUT2D eigenvalue weighted by Gasteiger charge is -2.36. The van der Waals surface area contributed by atoms with Crippen LogP contribution in [0.25, 0.3) is 0 Å². The Labute approximate surface area is 214 Å². The number of ether oxygens (including phenoxy) is 1. The van der Waals surface area contributed by atoms with E-state index in [0.29, 0.717) is 38.3 Å². The summed E-state index contributed by atoms with van der Waals surface area (Å²) in [6.07, 6.45) is -4.54. The van der Waals surface area contributed by atoms with E-state index in [2.05, 4.69) is 10.3 Å². The molecule has 11 heteroatoms. The van der Waals surface area contributed by atoms with Crippen LogP contribution in [0.15, 0.2) is 75.9 Å². The Morgan fingerprint density at radius 3 is 2.64 bits per heavy atom.